The Hall–Kier alpha value is -2.63. The SMILES string of the molecule is CCOC(=O)C1=C(C)N=c2s/c(=C/c3cc(I)c(O)c(OC)c3)c(=O)n2[C@@H]1c1ccc(Cl)cc1. The quantitative estimate of drug-likeness (QED) is 0.351. The maximum Gasteiger partial charge on any atom is 0.338 e. The predicted molar refractivity (Wildman–Crippen MR) is 139 cm³/mol. The average Bonchev–Trinajstić information content (AvgIpc) is 3.10. The van der Waals surface area contributed by atoms with E-state index in [1.807, 2.05) is 22.6 Å². The summed E-state index contributed by atoms with van der Waals surface area (Å²) in [4.78, 5) is 31.5. The molecule has 0 amide bonds. The lowest BCUT2D eigenvalue weighted by molar-refractivity contribution is -0.139. The van der Waals surface area contributed by atoms with E-state index in [9.17, 15) is 14.7 Å². The lowest BCUT2D eigenvalue weighted by Gasteiger charge is -2.24. The molecule has 1 aliphatic heterocycles. The number of carbonyl (C=O) groups excluding carboxylic acids is 1. The van der Waals surface area contributed by atoms with Crippen molar-refractivity contribution in [3.05, 3.63) is 87.1 Å². The topological polar surface area (TPSA) is 90.1 Å². The van der Waals surface area contributed by atoms with Gasteiger partial charge in [0.2, 0.25) is 0 Å². The standard InChI is InChI=1S/C24H20ClIN2O5S/c1-4-33-23(31)19-12(2)27-24-28(20(19)14-5-7-15(25)8-6-14)22(30)18(34-24)11-13-9-16(26)21(29)17(10-13)32-3/h5-11,20,29H,4H2,1-3H3/b18-11+/t20-/m1/s1. The monoisotopic (exact) mass is 610 g/mol. The van der Waals surface area contributed by atoms with Gasteiger partial charge in [0, 0.05) is 5.02 Å². The molecule has 2 aromatic carbocycles. The first-order valence-corrected chi connectivity index (χ1v) is 12.5. The molecular formula is C24H20ClIN2O5S. The van der Waals surface area contributed by atoms with Gasteiger partial charge in [0.05, 0.1) is 39.1 Å². The minimum Gasteiger partial charge on any atom is -0.504 e. The summed E-state index contributed by atoms with van der Waals surface area (Å²) in [5, 5.41) is 10.7. The Morgan fingerprint density at radius 1 is 1.32 bits per heavy atom. The third-order valence-electron chi connectivity index (χ3n) is 5.27. The van der Waals surface area contributed by atoms with Crippen LogP contribution in [0.4, 0.5) is 0 Å². The van der Waals surface area contributed by atoms with Crippen LogP contribution in [0.2, 0.25) is 5.02 Å². The number of hydrogen-bond acceptors (Lipinski definition) is 7. The molecular weight excluding hydrogens is 591 g/mol. The van der Waals surface area contributed by atoms with E-state index in [-0.39, 0.29) is 17.9 Å². The van der Waals surface area contributed by atoms with Crippen molar-refractivity contribution >= 4 is 57.6 Å². The number of benzene rings is 2. The van der Waals surface area contributed by atoms with E-state index in [0.717, 1.165) is 5.56 Å². The molecule has 176 valence electrons. The molecule has 0 radical (unpaired) electrons. The van der Waals surface area contributed by atoms with Crippen LogP contribution in [0, 0.1) is 3.57 Å². The number of esters is 1. The van der Waals surface area contributed by atoms with Gasteiger partial charge in [-0.2, -0.15) is 0 Å². The zero-order chi connectivity index (χ0) is 24.6. The highest BCUT2D eigenvalue weighted by Crippen LogP contribution is 2.33. The van der Waals surface area contributed by atoms with Crippen LogP contribution in [-0.4, -0.2) is 29.4 Å². The minimum atomic E-state index is -0.704. The lowest BCUT2D eigenvalue weighted by Crippen LogP contribution is -2.39. The Balaban J connectivity index is 1.95. The molecule has 34 heavy (non-hydrogen) atoms. The molecule has 10 heteroatoms. The summed E-state index contributed by atoms with van der Waals surface area (Å²) in [6.07, 6.45) is 1.72. The van der Waals surface area contributed by atoms with E-state index in [1.54, 1.807) is 56.3 Å². The molecule has 0 bridgehead atoms. The molecule has 1 N–H and O–H groups in total. The van der Waals surface area contributed by atoms with Crippen molar-refractivity contribution in [3.63, 3.8) is 0 Å². The number of phenols is 1. The maximum atomic E-state index is 13.6. The fraction of sp³-hybridized carbons (Fsp3) is 0.208. The van der Waals surface area contributed by atoms with Crippen molar-refractivity contribution in [1.29, 1.82) is 0 Å². The van der Waals surface area contributed by atoms with Crippen molar-refractivity contribution in [2.45, 2.75) is 19.9 Å². The number of methoxy groups -OCH3 is 1. The van der Waals surface area contributed by atoms with Crippen LogP contribution in [0.5, 0.6) is 11.5 Å². The van der Waals surface area contributed by atoms with Gasteiger partial charge < -0.3 is 14.6 Å². The first-order chi connectivity index (χ1) is 16.2. The number of rotatable bonds is 5. The highest BCUT2D eigenvalue weighted by molar-refractivity contribution is 14.1. The van der Waals surface area contributed by atoms with E-state index >= 15 is 0 Å². The van der Waals surface area contributed by atoms with Gasteiger partial charge in [-0.25, -0.2) is 9.79 Å². The number of nitrogens with zero attached hydrogens (tertiary/aromatic N) is 2. The second-order valence-electron chi connectivity index (χ2n) is 7.41. The highest BCUT2D eigenvalue weighted by atomic mass is 127. The smallest absolute Gasteiger partial charge is 0.338 e. The average molecular weight is 611 g/mol. The molecule has 0 aliphatic carbocycles. The van der Waals surface area contributed by atoms with E-state index in [2.05, 4.69) is 4.99 Å². The zero-order valence-electron chi connectivity index (χ0n) is 18.5. The number of hydrogen-bond donors (Lipinski definition) is 1. The molecule has 1 aromatic heterocycles. The van der Waals surface area contributed by atoms with Gasteiger partial charge in [0.1, 0.15) is 0 Å². The molecule has 2 heterocycles. The van der Waals surface area contributed by atoms with Crippen molar-refractivity contribution in [2.24, 2.45) is 4.99 Å². The van der Waals surface area contributed by atoms with Gasteiger partial charge in [0.25, 0.3) is 5.56 Å². The van der Waals surface area contributed by atoms with Crippen LogP contribution in [0.25, 0.3) is 6.08 Å². The molecule has 0 unspecified atom stereocenters. The van der Waals surface area contributed by atoms with Gasteiger partial charge in [-0.1, -0.05) is 35.1 Å². The number of ether oxygens (including phenoxy) is 2. The largest absolute Gasteiger partial charge is 0.504 e. The highest BCUT2D eigenvalue weighted by Gasteiger charge is 2.33. The number of fused-ring (bicyclic) bond motifs is 1. The summed E-state index contributed by atoms with van der Waals surface area (Å²) in [5.41, 5.74) is 1.92. The molecule has 0 saturated carbocycles. The van der Waals surface area contributed by atoms with Crippen LogP contribution < -0.4 is 19.6 Å². The number of thiazole rings is 1. The lowest BCUT2D eigenvalue weighted by atomic mass is 9.96. The Morgan fingerprint density at radius 2 is 2.03 bits per heavy atom. The van der Waals surface area contributed by atoms with E-state index in [4.69, 9.17) is 21.1 Å². The van der Waals surface area contributed by atoms with Gasteiger partial charge in [-0.15, -0.1) is 0 Å². The second kappa shape index (κ2) is 9.93. The van der Waals surface area contributed by atoms with Crippen LogP contribution in [0.3, 0.4) is 0 Å². The molecule has 0 saturated heterocycles. The predicted octanol–water partition coefficient (Wildman–Crippen LogP) is 3.77. The van der Waals surface area contributed by atoms with E-state index in [0.29, 0.717) is 40.5 Å². The number of allylic oxidation sites excluding steroid dienone is 1. The maximum absolute atomic E-state index is 13.6. The molecule has 0 fully saturated rings. The van der Waals surface area contributed by atoms with Crippen LogP contribution in [0.15, 0.2) is 57.5 Å². The first kappa shape index (κ1) is 24.5. The van der Waals surface area contributed by atoms with Gasteiger partial charge in [-0.05, 0) is 77.9 Å². The summed E-state index contributed by atoms with van der Waals surface area (Å²) < 4.78 is 13.1. The second-order valence-corrected chi connectivity index (χ2v) is 10.0. The number of carbonyl (C=O) groups is 1. The normalized spacial score (nSPS) is 15.7. The third-order valence-corrected chi connectivity index (χ3v) is 7.33. The Labute approximate surface area is 217 Å². The Bertz CT molecular complexity index is 1490. The zero-order valence-corrected chi connectivity index (χ0v) is 22.2. The van der Waals surface area contributed by atoms with Crippen molar-refractivity contribution < 1.29 is 19.4 Å². The van der Waals surface area contributed by atoms with Crippen LogP contribution >= 0.6 is 45.5 Å². The van der Waals surface area contributed by atoms with Gasteiger partial charge in [-0.3, -0.25) is 9.36 Å². The summed E-state index contributed by atoms with van der Waals surface area (Å²) in [7, 11) is 1.47. The molecule has 1 aliphatic rings. The first-order valence-electron chi connectivity index (χ1n) is 10.3. The summed E-state index contributed by atoms with van der Waals surface area (Å²) in [6.45, 7) is 3.67. The molecule has 3 aromatic rings. The fourth-order valence-electron chi connectivity index (χ4n) is 3.74. The molecule has 7 nitrogen and oxygen atoms in total. The number of halogens is 2. The Kier molecular flexibility index (Phi) is 7.15. The van der Waals surface area contributed by atoms with E-state index < -0.39 is 12.0 Å². The Morgan fingerprint density at radius 3 is 2.68 bits per heavy atom. The summed E-state index contributed by atoms with van der Waals surface area (Å²) >= 11 is 9.31. The van der Waals surface area contributed by atoms with Crippen LogP contribution in [0.1, 0.15) is 31.0 Å². The van der Waals surface area contributed by atoms with Crippen molar-refractivity contribution in [2.75, 3.05) is 13.7 Å². The van der Waals surface area contributed by atoms with Crippen molar-refractivity contribution in [3.8, 4) is 11.5 Å². The van der Waals surface area contributed by atoms with Gasteiger partial charge >= 0.3 is 5.97 Å². The fourth-order valence-corrected chi connectivity index (χ4v) is 5.53. The molecule has 1 atom stereocenters. The third kappa shape index (κ3) is 4.51. The summed E-state index contributed by atoms with van der Waals surface area (Å²) in [5.74, 6) is -0.166. The minimum absolute atomic E-state index is 0.0409. The molecule has 4 rings (SSSR count). The van der Waals surface area contributed by atoms with Crippen molar-refractivity contribution in [1.82, 2.24) is 4.57 Å². The number of aromatic hydroxyl groups is 1. The van der Waals surface area contributed by atoms with Crippen LogP contribution in [-0.2, 0) is 9.53 Å². The number of phenolic OH excluding ortho intramolecular Hbond substituents is 1. The van der Waals surface area contributed by atoms with E-state index in [1.165, 1.54) is 23.0 Å². The number of aromatic nitrogens is 1. The molecule has 0 spiro atoms. The van der Waals surface area contributed by atoms with Gasteiger partial charge in [0.15, 0.2) is 16.3 Å². The summed E-state index contributed by atoms with van der Waals surface area (Å²) in [6, 6.07) is 9.71.